The fourth-order valence-corrected chi connectivity index (χ4v) is 2.19. The second-order valence-electron chi connectivity index (χ2n) is 4.83. The van der Waals surface area contributed by atoms with Gasteiger partial charge >= 0.3 is 5.97 Å². The SMILES string of the molecule is CCCC(CCO)CNCc1cc(C)c(C(=O)O)o1. The molecule has 0 amide bonds. The van der Waals surface area contributed by atoms with E-state index >= 15 is 0 Å². The summed E-state index contributed by atoms with van der Waals surface area (Å²) in [6, 6.07) is 1.75. The Bertz CT molecular complexity index is 394. The molecule has 5 heteroatoms. The van der Waals surface area contributed by atoms with Crippen molar-refractivity contribution in [3.8, 4) is 0 Å². The quantitative estimate of drug-likeness (QED) is 0.640. The molecular weight excluding hydrogens is 246 g/mol. The summed E-state index contributed by atoms with van der Waals surface area (Å²) in [4.78, 5) is 10.8. The maximum Gasteiger partial charge on any atom is 0.372 e. The summed E-state index contributed by atoms with van der Waals surface area (Å²) in [6.07, 6.45) is 2.96. The van der Waals surface area contributed by atoms with Crippen LogP contribution in [0.4, 0.5) is 0 Å². The van der Waals surface area contributed by atoms with E-state index in [-0.39, 0.29) is 12.4 Å². The van der Waals surface area contributed by atoms with E-state index in [4.69, 9.17) is 14.6 Å². The van der Waals surface area contributed by atoms with Crippen molar-refractivity contribution in [3.63, 3.8) is 0 Å². The lowest BCUT2D eigenvalue weighted by Crippen LogP contribution is -2.23. The first-order valence-electron chi connectivity index (χ1n) is 6.72. The van der Waals surface area contributed by atoms with Crippen molar-refractivity contribution in [2.75, 3.05) is 13.2 Å². The van der Waals surface area contributed by atoms with Gasteiger partial charge < -0.3 is 19.9 Å². The van der Waals surface area contributed by atoms with E-state index in [1.165, 1.54) is 0 Å². The maximum atomic E-state index is 10.8. The fraction of sp³-hybridized carbons (Fsp3) is 0.643. The van der Waals surface area contributed by atoms with Crippen LogP contribution in [0.25, 0.3) is 0 Å². The standard InChI is InChI=1S/C14H23NO4/c1-3-4-11(5-6-16)8-15-9-12-7-10(2)13(19-12)14(17)18/h7,11,15-16H,3-6,8-9H2,1-2H3,(H,17,18). The van der Waals surface area contributed by atoms with Crippen LogP contribution < -0.4 is 5.32 Å². The second kappa shape index (κ2) is 7.96. The molecule has 3 N–H and O–H groups in total. The molecule has 0 saturated heterocycles. The molecule has 0 spiro atoms. The average molecular weight is 269 g/mol. The Morgan fingerprint density at radius 3 is 2.74 bits per heavy atom. The highest BCUT2D eigenvalue weighted by Gasteiger charge is 2.14. The van der Waals surface area contributed by atoms with Gasteiger partial charge in [-0.3, -0.25) is 0 Å². The molecule has 1 atom stereocenters. The second-order valence-corrected chi connectivity index (χ2v) is 4.83. The largest absolute Gasteiger partial charge is 0.475 e. The molecule has 108 valence electrons. The van der Waals surface area contributed by atoms with E-state index in [9.17, 15) is 4.79 Å². The van der Waals surface area contributed by atoms with Crippen molar-refractivity contribution in [2.24, 2.45) is 5.92 Å². The number of nitrogens with one attached hydrogen (secondary N) is 1. The molecular formula is C14H23NO4. The molecule has 1 unspecified atom stereocenters. The van der Waals surface area contributed by atoms with Gasteiger partial charge in [-0.05, 0) is 38.3 Å². The Kier molecular flexibility index (Phi) is 6.59. The van der Waals surface area contributed by atoms with Crippen molar-refractivity contribution in [1.29, 1.82) is 0 Å². The smallest absolute Gasteiger partial charge is 0.372 e. The summed E-state index contributed by atoms with van der Waals surface area (Å²) in [6.45, 7) is 5.37. The molecule has 1 heterocycles. The van der Waals surface area contributed by atoms with Crippen molar-refractivity contribution in [1.82, 2.24) is 5.32 Å². The number of carboxylic acids is 1. The molecule has 0 aromatic carbocycles. The van der Waals surface area contributed by atoms with Crippen LogP contribution >= 0.6 is 0 Å². The average Bonchev–Trinajstić information content (AvgIpc) is 2.71. The van der Waals surface area contributed by atoms with E-state index in [0.29, 0.717) is 23.8 Å². The van der Waals surface area contributed by atoms with Crippen LogP contribution in [0.15, 0.2) is 10.5 Å². The molecule has 1 aromatic heterocycles. The molecule has 0 aliphatic rings. The van der Waals surface area contributed by atoms with E-state index < -0.39 is 5.97 Å². The first-order chi connectivity index (χ1) is 9.08. The number of carbonyl (C=O) groups is 1. The van der Waals surface area contributed by atoms with Gasteiger partial charge in [0.25, 0.3) is 0 Å². The van der Waals surface area contributed by atoms with Crippen molar-refractivity contribution < 1.29 is 19.4 Å². The van der Waals surface area contributed by atoms with Crippen LogP contribution in [-0.2, 0) is 6.54 Å². The third-order valence-corrected chi connectivity index (χ3v) is 3.13. The van der Waals surface area contributed by atoms with Crippen LogP contribution in [0.3, 0.4) is 0 Å². The van der Waals surface area contributed by atoms with Gasteiger partial charge in [0, 0.05) is 12.2 Å². The number of hydrogen-bond donors (Lipinski definition) is 3. The number of rotatable bonds is 9. The summed E-state index contributed by atoms with van der Waals surface area (Å²) in [5.41, 5.74) is 0.643. The molecule has 5 nitrogen and oxygen atoms in total. The zero-order valence-electron chi connectivity index (χ0n) is 11.6. The normalized spacial score (nSPS) is 12.6. The van der Waals surface area contributed by atoms with Gasteiger partial charge in [-0.1, -0.05) is 13.3 Å². The van der Waals surface area contributed by atoms with Crippen LogP contribution in [0, 0.1) is 12.8 Å². The minimum atomic E-state index is -1.03. The molecule has 1 rings (SSSR count). The molecule has 19 heavy (non-hydrogen) atoms. The number of hydrogen-bond acceptors (Lipinski definition) is 4. The number of aromatic carboxylic acids is 1. The van der Waals surface area contributed by atoms with Gasteiger partial charge in [-0.2, -0.15) is 0 Å². The number of aliphatic hydroxyl groups excluding tert-OH is 1. The topological polar surface area (TPSA) is 82.7 Å². The fourth-order valence-electron chi connectivity index (χ4n) is 2.19. The van der Waals surface area contributed by atoms with Crippen molar-refractivity contribution in [2.45, 2.75) is 39.7 Å². The van der Waals surface area contributed by atoms with E-state index in [1.807, 2.05) is 0 Å². The number of aliphatic hydroxyl groups is 1. The third-order valence-electron chi connectivity index (χ3n) is 3.13. The van der Waals surface area contributed by atoms with E-state index in [2.05, 4.69) is 12.2 Å². The Morgan fingerprint density at radius 1 is 1.47 bits per heavy atom. The van der Waals surface area contributed by atoms with Gasteiger partial charge in [-0.25, -0.2) is 4.79 Å². The molecule has 0 bridgehead atoms. The summed E-state index contributed by atoms with van der Waals surface area (Å²) in [7, 11) is 0. The van der Waals surface area contributed by atoms with Gasteiger partial charge in [-0.15, -0.1) is 0 Å². The lowest BCUT2D eigenvalue weighted by atomic mass is 10.0. The van der Waals surface area contributed by atoms with Crippen molar-refractivity contribution >= 4 is 5.97 Å². The first kappa shape index (κ1) is 15.7. The summed E-state index contributed by atoms with van der Waals surface area (Å²) in [5.74, 6) is 0.0595. The van der Waals surface area contributed by atoms with Crippen LogP contribution in [0.1, 0.15) is 48.1 Å². The highest BCUT2D eigenvalue weighted by molar-refractivity contribution is 5.86. The minimum Gasteiger partial charge on any atom is -0.475 e. The van der Waals surface area contributed by atoms with Gasteiger partial charge in [0.1, 0.15) is 5.76 Å². The Morgan fingerprint density at radius 2 is 2.21 bits per heavy atom. The first-order valence-corrected chi connectivity index (χ1v) is 6.72. The summed E-state index contributed by atoms with van der Waals surface area (Å²) < 4.78 is 5.27. The number of carboxylic acid groups (broad SMARTS) is 1. The Balaban J connectivity index is 2.43. The highest BCUT2D eigenvalue weighted by atomic mass is 16.4. The summed E-state index contributed by atoms with van der Waals surface area (Å²) in [5, 5.41) is 21.1. The number of aryl methyl sites for hydroxylation is 1. The zero-order chi connectivity index (χ0) is 14.3. The molecule has 0 fully saturated rings. The predicted octanol–water partition coefficient (Wildman–Crippen LogP) is 2.17. The van der Waals surface area contributed by atoms with Gasteiger partial charge in [0.15, 0.2) is 0 Å². The zero-order valence-corrected chi connectivity index (χ0v) is 11.6. The predicted molar refractivity (Wildman–Crippen MR) is 72.2 cm³/mol. The molecule has 0 aliphatic heterocycles. The van der Waals surface area contributed by atoms with Gasteiger partial charge in [0.2, 0.25) is 5.76 Å². The molecule has 0 radical (unpaired) electrons. The highest BCUT2D eigenvalue weighted by Crippen LogP contribution is 2.15. The lowest BCUT2D eigenvalue weighted by Gasteiger charge is -2.14. The Hall–Kier alpha value is -1.33. The molecule has 0 aliphatic carbocycles. The molecule has 0 saturated carbocycles. The lowest BCUT2D eigenvalue weighted by molar-refractivity contribution is 0.0659. The van der Waals surface area contributed by atoms with Gasteiger partial charge in [0.05, 0.1) is 6.54 Å². The minimum absolute atomic E-state index is 0.0114. The summed E-state index contributed by atoms with van der Waals surface area (Å²) >= 11 is 0. The van der Waals surface area contributed by atoms with Crippen LogP contribution in [-0.4, -0.2) is 29.3 Å². The van der Waals surface area contributed by atoms with E-state index in [1.54, 1.807) is 13.0 Å². The van der Waals surface area contributed by atoms with E-state index in [0.717, 1.165) is 25.8 Å². The maximum absolute atomic E-state index is 10.8. The molecule has 1 aromatic rings. The van der Waals surface area contributed by atoms with Crippen LogP contribution in [0.2, 0.25) is 0 Å². The number of furan rings is 1. The third kappa shape index (κ3) is 5.04. The van der Waals surface area contributed by atoms with Crippen molar-refractivity contribution in [3.05, 3.63) is 23.2 Å². The monoisotopic (exact) mass is 269 g/mol. The Labute approximate surface area is 113 Å². The van der Waals surface area contributed by atoms with Crippen LogP contribution in [0.5, 0.6) is 0 Å².